The van der Waals surface area contributed by atoms with Crippen molar-refractivity contribution in [2.24, 2.45) is 0 Å². The molecule has 0 spiro atoms. The number of amides is 2. The lowest BCUT2D eigenvalue weighted by Gasteiger charge is -2.34. The fourth-order valence-electron chi connectivity index (χ4n) is 3.67. The number of carbonyl (C=O) groups excluding carboxylic acids is 2. The first-order valence-electron chi connectivity index (χ1n) is 9.99. The largest absolute Gasteiger partial charge is 0.493 e. The smallest absolute Gasteiger partial charge is 0.289 e. The van der Waals surface area contributed by atoms with E-state index < -0.39 is 0 Å². The van der Waals surface area contributed by atoms with E-state index in [9.17, 15) is 9.59 Å². The summed E-state index contributed by atoms with van der Waals surface area (Å²) in [5.74, 6) is 1.18. The maximum absolute atomic E-state index is 12.9. The molecule has 0 radical (unpaired) electrons. The van der Waals surface area contributed by atoms with Crippen molar-refractivity contribution in [1.29, 1.82) is 0 Å². The Hall–Kier alpha value is -3.48. The summed E-state index contributed by atoms with van der Waals surface area (Å²) in [4.78, 5) is 29.3. The van der Waals surface area contributed by atoms with E-state index in [1.807, 2.05) is 31.2 Å². The molecule has 4 rings (SSSR count). The SMILES string of the molecule is CCOc1ccccc1C(=O)N1CCN(C(=O)c2cc3cccc(OC)c3o2)CC1. The van der Waals surface area contributed by atoms with E-state index in [0.717, 1.165) is 5.39 Å². The van der Waals surface area contributed by atoms with Crippen LogP contribution >= 0.6 is 0 Å². The Labute approximate surface area is 174 Å². The average Bonchev–Trinajstić information content (AvgIpc) is 3.23. The summed E-state index contributed by atoms with van der Waals surface area (Å²) in [5, 5.41) is 0.819. The lowest BCUT2D eigenvalue weighted by atomic mass is 10.1. The fourth-order valence-corrected chi connectivity index (χ4v) is 3.67. The highest BCUT2D eigenvalue weighted by atomic mass is 16.5. The number of fused-ring (bicyclic) bond motifs is 1. The third kappa shape index (κ3) is 3.70. The normalized spacial score (nSPS) is 14.1. The highest BCUT2D eigenvalue weighted by Crippen LogP contribution is 2.29. The molecule has 0 unspecified atom stereocenters. The van der Waals surface area contributed by atoms with Crippen LogP contribution in [-0.2, 0) is 0 Å². The Balaban J connectivity index is 1.45. The van der Waals surface area contributed by atoms with Gasteiger partial charge in [0.15, 0.2) is 17.1 Å². The van der Waals surface area contributed by atoms with Crippen molar-refractivity contribution in [3.63, 3.8) is 0 Å². The van der Waals surface area contributed by atoms with Gasteiger partial charge in [0, 0.05) is 31.6 Å². The van der Waals surface area contributed by atoms with Crippen LogP contribution in [0.25, 0.3) is 11.0 Å². The van der Waals surface area contributed by atoms with Gasteiger partial charge in [-0.1, -0.05) is 24.3 Å². The predicted octanol–water partition coefficient (Wildman–Crippen LogP) is 3.44. The summed E-state index contributed by atoms with van der Waals surface area (Å²) < 4.78 is 16.7. The number of nitrogens with zero attached hydrogens (tertiary/aromatic N) is 2. The molecule has 0 atom stereocenters. The number of para-hydroxylation sites is 2. The highest BCUT2D eigenvalue weighted by Gasteiger charge is 2.28. The first kappa shape index (κ1) is 19.8. The Morgan fingerprint density at radius 2 is 1.60 bits per heavy atom. The van der Waals surface area contributed by atoms with Crippen molar-refractivity contribution in [2.45, 2.75) is 6.92 Å². The minimum atomic E-state index is -0.185. The van der Waals surface area contributed by atoms with Crippen molar-refractivity contribution in [1.82, 2.24) is 9.80 Å². The number of methoxy groups -OCH3 is 1. The molecule has 30 heavy (non-hydrogen) atoms. The zero-order valence-electron chi connectivity index (χ0n) is 17.1. The summed E-state index contributed by atoms with van der Waals surface area (Å²) in [6.45, 7) is 4.17. The van der Waals surface area contributed by atoms with Gasteiger partial charge in [0.2, 0.25) is 0 Å². The summed E-state index contributed by atoms with van der Waals surface area (Å²) in [7, 11) is 1.57. The van der Waals surface area contributed by atoms with E-state index in [2.05, 4.69) is 0 Å². The van der Waals surface area contributed by atoms with Gasteiger partial charge < -0.3 is 23.7 Å². The molecule has 0 N–H and O–H groups in total. The number of furan rings is 1. The minimum Gasteiger partial charge on any atom is -0.493 e. The Bertz CT molecular complexity index is 1070. The second kappa shape index (κ2) is 8.49. The molecule has 0 saturated carbocycles. The van der Waals surface area contributed by atoms with Crippen LogP contribution < -0.4 is 9.47 Å². The molecule has 2 aromatic carbocycles. The maximum Gasteiger partial charge on any atom is 0.289 e. The summed E-state index contributed by atoms with van der Waals surface area (Å²) in [5.41, 5.74) is 1.10. The van der Waals surface area contributed by atoms with Crippen molar-refractivity contribution in [2.75, 3.05) is 39.9 Å². The lowest BCUT2D eigenvalue weighted by molar-refractivity contribution is 0.0517. The Morgan fingerprint density at radius 1 is 0.933 bits per heavy atom. The monoisotopic (exact) mass is 408 g/mol. The molecule has 1 aliphatic heterocycles. The molecule has 1 saturated heterocycles. The molecular weight excluding hydrogens is 384 g/mol. The molecule has 7 heteroatoms. The van der Waals surface area contributed by atoms with Crippen LogP contribution in [0.1, 0.15) is 27.8 Å². The molecule has 0 aliphatic carbocycles. The molecule has 7 nitrogen and oxygen atoms in total. The van der Waals surface area contributed by atoms with Crippen LogP contribution in [0.2, 0.25) is 0 Å². The van der Waals surface area contributed by atoms with Gasteiger partial charge in [-0.15, -0.1) is 0 Å². The molecule has 3 aromatic rings. The van der Waals surface area contributed by atoms with E-state index in [-0.39, 0.29) is 17.6 Å². The first-order valence-corrected chi connectivity index (χ1v) is 9.99. The second-order valence-corrected chi connectivity index (χ2v) is 7.00. The van der Waals surface area contributed by atoms with E-state index in [0.29, 0.717) is 55.4 Å². The highest BCUT2D eigenvalue weighted by molar-refractivity contribution is 5.98. The summed E-state index contributed by atoms with van der Waals surface area (Å²) in [6.07, 6.45) is 0. The topological polar surface area (TPSA) is 72.2 Å². The van der Waals surface area contributed by atoms with Crippen LogP contribution in [-0.4, -0.2) is 61.5 Å². The van der Waals surface area contributed by atoms with E-state index >= 15 is 0 Å². The van der Waals surface area contributed by atoms with Gasteiger partial charge in [0.1, 0.15) is 5.75 Å². The number of benzene rings is 2. The zero-order chi connectivity index (χ0) is 21.1. The second-order valence-electron chi connectivity index (χ2n) is 7.00. The van der Waals surface area contributed by atoms with E-state index in [4.69, 9.17) is 13.9 Å². The van der Waals surface area contributed by atoms with Crippen molar-refractivity contribution >= 4 is 22.8 Å². The van der Waals surface area contributed by atoms with Crippen molar-refractivity contribution < 1.29 is 23.5 Å². The van der Waals surface area contributed by atoms with Gasteiger partial charge in [0.25, 0.3) is 11.8 Å². The number of rotatable bonds is 5. The first-order chi connectivity index (χ1) is 14.6. The quantitative estimate of drug-likeness (QED) is 0.647. The lowest BCUT2D eigenvalue weighted by Crippen LogP contribution is -2.50. The molecule has 1 fully saturated rings. The molecule has 1 aromatic heterocycles. The van der Waals surface area contributed by atoms with Gasteiger partial charge in [-0.3, -0.25) is 9.59 Å². The fraction of sp³-hybridized carbons (Fsp3) is 0.304. The van der Waals surface area contributed by atoms with Crippen LogP contribution in [0.4, 0.5) is 0 Å². The van der Waals surface area contributed by atoms with Crippen LogP contribution in [0.15, 0.2) is 52.9 Å². The van der Waals surface area contributed by atoms with Crippen LogP contribution in [0.5, 0.6) is 11.5 Å². The van der Waals surface area contributed by atoms with Gasteiger partial charge >= 0.3 is 0 Å². The van der Waals surface area contributed by atoms with Gasteiger partial charge in [-0.05, 0) is 31.2 Å². The molecule has 1 aliphatic rings. The number of ether oxygens (including phenoxy) is 2. The zero-order valence-corrected chi connectivity index (χ0v) is 17.1. The molecule has 156 valence electrons. The molecule has 2 amide bonds. The maximum atomic E-state index is 12.9. The Kier molecular flexibility index (Phi) is 5.61. The summed E-state index contributed by atoms with van der Waals surface area (Å²) >= 11 is 0. The van der Waals surface area contributed by atoms with Gasteiger partial charge in [-0.25, -0.2) is 0 Å². The number of hydrogen-bond acceptors (Lipinski definition) is 5. The van der Waals surface area contributed by atoms with Crippen LogP contribution in [0, 0.1) is 0 Å². The number of hydrogen-bond donors (Lipinski definition) is 0. The van der Waals surface area contributed by atoms with E-state index in [1.54, 1.807) is 41.2 Å². The standard InChI is InChI=1S/C23H24N2O5/c1-3-29-18-9-5-4-8-17(18)22(26)24-11-13-25(14-12-24)23(27)20-15-16-7-6-10-19(28-2)21(16)30-20/h4-10,15H,3,11-14H2,1-2H3. The minimum absolute atomic E-state index is 0.0837. The van der Waals surface area contributed by atoms with Crippen molar-refractivity contribution in [3.8, 4) is 11.5 Å². The summed E-state index contributed by atoms with van der Waals surface area (Å²) in [6, 6.07) is 14.5. The van der Waals surface area contributed by atoms with Gasteiger partial charge in [-0.2, -0.15) is 0 Å². The molecular formula is C23H24N2O5. The van der Waals surface area contributed by atoms with Crippen molar-refractivity contribution in [3.05, 3.63) is 59.9 Å². The third-order valence-corrected chi connectivity index (χ3v) is 5.21. The molecule has 2 heterocycles. The number of carbonyl (C=O) groups is 2. The molecule has 0 bridgehead atoms. The predicted molar refractivity (Wildman–Crippen MR) is 112 cm³/mol. The number of piperazine rings is 1. The Morgan fingerprint density at radius 3 is 2.30 bits per heavy atom. The van der Waals surface area contributed by atoms with Gasteiger partial charge in [0.05, 0.1) is 19.3 Å². The third-order valence-electron chi connectivity index (χ3n) is 5.21. The van der Waals surface area contributed by atoms with E-state index in [1.165, 1.54) is 0 Å². The van der Waals surface area contributed by atoms with Crippen LogP contribution in [0.3, 0.4) is 0 Å². The average molecular weight is 408 g/mol.